The molecule has 1 atom stereocenters. The van der Waals surface area contributed by atoms with Gasteiger partial charge in [-0.05, 0) is 37.8 Å². The molecule has 1 heterocycles. The standard InChI is InChI=1S/C16H22N2O3/c1-12-4-6-14(7-5-12)16(21)17-9-15(20)18-8-2-3-13(10-18)11-19/h4-7,13,19H,2-3,8-11H2,1H3,(H,17,21). The first-order valence-corrected chi connectivity index (χ1v) is 7.33. The number of likely N-dealkylation sites (tertiary alicyclic amines) is 1. The first-order valence-electron chi connectivity index (χ1n) is 7.33. The molecule has 1 aromatic rings. The molecular weight excluding hydrogens is 268 g/mol. The van der Waals surface area contributed by atoms with E-state index in [0.717, 1.165) is 18.4 Å². The number of aryl methyl sites for hydroxylation is 1. The number of benzene rings is 1. The van der Waals surface area contributed by atoms with Crippen molar-refractivity contribution in [3.63, 3.8) is 0 Å². The van der Waals surface area contributed by atoms with Crippen molar-refractivity contribution in [2.24, 2.45) is 5.92 Å². The van der Waals surface area contributed by atoms with Crippen molar-refractivity contribution in [2.45, 2.75) is 19.8 Å². The predicted molar refractivity (Wildman–Crippen MR) is 79.9 cm³/mol. The summed E-state index contributed by atoms with van der Waals surface area (Å²) in [6, 6.07) is 7.23. The van der Waals surface area contributed by atoms with Crippen molar-refractivity contribution in [3.8, 4) is 0 Å². The first-order chi connectivity index (χ1) is 10.1. The first kappa shape index (κ1) is 15.5. The number of hydrogen-bond acceptors (Lipinski definition) is 3. The SMILES string of the molecule is Cc1ccc(C(=O)NCC(=O)N2CCCC(CO)C2)cc1. The highest BCUT2D eigenvalue weighted by atomic mass is 16.3. The van der Waals surface area contributed by atoms with Crippen LogP contribution in [-0.4, -0.2) is 48.1 Å². The van der Waals surface area contributed by atoms with Crippen LogP contribution < -0.4 is 5.32 Å². The molecule has 1 aliphatic rings. The molecule has 2 N–H and O–H groups in total. The average Bonchev–Trinajstić information content (AvgIpc) is 2.53. The van der Waals surface area contributed by atoms with Crippen molar-refractivity contribution < 1.29 is 14.7 Å². The monoisotopic (exact) mass is 290 g/mol. The molecular formula is C16H22N2O3. The molecule has 1 aliphatic heterocycles. The van der Waals surface area contributed by atoms with Crippen LogP contribution in [0.2, 0.25) is 0 Å². The normalized spacial score (nSPS) is 18.4. The smallest absolute Gasteiger partial charge is 0.251 e. The minimum atomic E-state index is -0.237. The molecule has 1 aromatic carbocycles. The Morgan fingerprint density at radius 1 is 1.33 bits per heavy atom. The van der Waals surface area contributed by atoms with E-state index in [0.29, 0.717) is 18.7 Å². The van der Waals surface area contributed by atoms with Gasteiger partial charge < -0.3 is 15.3 Å². The van der Waals surface area contributed by atoms with Crippen LogP contribution in [-0.2, 0) is 4.79 Å². The number of nitrogens with zero attached hydrogens (tertiary/aromatic N) is 1. The Morgan fingerprint density at radius 3 is 2.71 bits per heavy atom. The van der Waals surface area contributed by atoms with Gasteiger partial charge in [0.1, 0.15) is 0 Å². The lowest BCUT2D eigenvalue weighted by Crippen LogP contribution is -2.45. The van der Waals surface area contributed by atoms with E-state index in [-0.39, 0.29) is 30.9 Å². The Labute approximate surface area is 125 Å². The molecule has 5 heteroatoms. The van der Waals surface area contributed by atoms with Gasteiger partial charge in [-0.3, -0.25) is 9.59 Å². The molecule has 0 aromatic heterocycles. The molecule has 0 saturated carbocycles. The zero-order chi connectivity index (χ0) is 15.2. The lowest BCUT2D eigenvalue weighted by atomic mass is 9.99. The third kappa shape index (κ3) is 4.29. The van der Waals surface area contributed by atoms with Crippen LogP contribution >= 0.6 is 0 Å². The second-order valence-corrected chi connectivity index (χ2v) is 5.58. The van der Waals surface area contributed by atoms with E-state index in [9.17, 15) is 14.7 Å². The highest BCUT2D eigenvalue weighted by molar-refractivity contribution is 5.96. The van der Waals surface area contributed by atoms with E-state index >= 15 is 0 Å². The van der Waals surface area contributed by atoms with Gasteiger partial charge in [-0.15, -0.1) is 0 Å². The molecule has 0 spiro atoms. The number of hydrogen-bond donors (Lipinski definition) is 2. The van der Waals surface area contributed by atoms with Gasteiger partial charge in [0.05, 0.1) is 6.54 Å². The van der Waals surface area contributed by atoms with Crippen LogP contribution in [0.1, 0.15) is 28.8 Å². The third-order valence-electron chi connectivity index (χ3n) is 3.84. The van der Waals surface area contributed by atoms with Crippen LogP contribution in [0, 0.1) is 12.8 Å². The second kappa shape index (κ2) is 7.22. The molecule has 0 aliphatic carbocycles. The number of amides is 2. The van der Waals surface area contributed by atoms with Crippen LogP contribution in [0.15, 0.2) is 24.3 Å². The zero-order valence-corrected chi connectivity index (χ0v) is 12.3. The molecule has 114 valence electrons. The topological polar surface area (TPSA) is 69.6 Å². The molecule has 2 amide bonds. The fourth-order valence-electron chi connectivity index (χ4n) is 2.52. The largest absolute Gasteiger partial charge is 0.396 e. The van der Waals surface area contributed by atoms with E-state index in [4.69, 9.17) is 0 Å². The number of rotatable bonds is 4. The number of piperidine rings is 1. The van der Waals surface area contributed by atoms with Crippen molar-refractivity contribution in [2.75, 3.05) is 26.2 Å². The van der Waals surface area contributed by atoms with Gasteiger partial charge in [0, 0.05) is 25.3 Å². The van der Waals surface area contributed by atoms with E-state index in [1.807, 2.05) is 19.1 Å². The molecule has 2 rings (SSSR count). The van der Waals surface area contributed by atoms with Crippen molar-refractivity contribution in [1.82, 2.24) is 10.2 Å². The summed E-state index contributed by atoms with van der Waals surface area (Å²) in [6.07, 6.45) is 1.86. The Kier molecular flexibility index (Phi) is 5.33. The van der Waals surface area contributed by atoms with E-state index in [1.165, 1.54) is 0 Å². The minimum Gasteiger partial charge on any atom is -0.396 e. The summed E-state index contributed by atoms with van der Waals surface area (Å²) in [5.74, 6) is -0.164. The molecule has 1 saturated heterocycles. The van der Waals surface area contributed by atoms with E-state index < -0.39 is 0 Å². The van der Waals surface area contributed by atoms with Gasteiger partial charge in [0.2, 0.25) is 5.91 Å². The number of nitrogens with one attached hydrogen (secondary N) is 1. The number of aliphatic hydroxyl groups is 1. The number of carbonyl (C=O) groups excluding carboxylic acids is 2. The molecule has 1 fully saturated rings. The van der Waals surface area contributed by atoms with Gasteiger partial charge >= 0.3 is 0 Å². The fraction of sp³-hybridized carbons (Fsp3) is 0.500. The van der Waals surface area contributed by atoms with Gasteiger partial charge in [0.25, 0.3) is 5.91 Å². The summed E-state index contributed by atoms with van der Waals surface area (Å²) >= 11 is 0. The summed E-state index contributed by atoms with van der Waals surface area (Å²) < 4.78 is 0. The Balaban J connectivity index is 1.83. The van der Waals surface area contributed by atoms with Gasteiger partial charge in [-0.25, -0.2) is 0 Å². The predicted octanol–water partition coefficient (Wildman–Crippen LogP) is 0.956. The molecule has 21 heavy (non-hydrogen) atoms. The molecule has 5 nitrogen and oxygen atoms in total. The van der Waals surface area contributed by atoms with Crippen LogP contribution in [0.4, 0.5) is 0 Å². The third-order valence-corrected chi connectivity index (χ3v) is 3.84. The highest BCUT2D eigenvalue weighted by Crippen LogP contribution is 2.15. The minimum absolute atomic E-state index is 0.00482. The van der Waals surface area contributed by atoms with Crippen molar-refractivity contribution >= 4 is 11.8 Å². The van der Waals surface area contributed by atoms with Crippen molar-refractivity contribution in [3.05, 3.63) is 35.4 Å². The Morgan fingerprint density at radius 2 is 2.05 bits per heavy atom. The van der Waals surface area contributed by atoms with Crippen LogP contribution in [0.3, 0.4) is 0 Å². The maximum atomic E-state index is 12.1. The van der Waals surface area contributed by atoms with Crippen LogP contribution in [0.25, 0.3) is 0 Å². The van der Waals surface area contributed by atoms with Crippen LogP contribution in [0.5, 0.6) is 0 Å². The highest BCUT2D eigenvalue weighted by Gasteiger charge is 2.23. The number of carbonyl (C=O) groups is 2. The van der Waals surface area contributed by atoms with E-state index in [1.54, 1.807) is 17.0 Å². The summed E-state index contributed by atoms with van der Waals surface area (Å²) in [5, 5.41) is 11.8. The Bertz CT molecular complexity index is 499. The summed E-state index contributed by atoms with van der Waals surface area (Å²) in [5.41, 5.74) is 1.64. The maximum absolute atomic E-state index is 12.1. The molecule has 1 unspecified atom stereocenters. The summed E-state index contributed by atoms with van der Waals surface area (Å²) in [6.45, 7) is 3.36. The van der Waals surface area contributed by atoms with Gasteiger partial charge in [0.15, 0.2) is 0 Å². The van der Waals surface area contributed by atoms with Gasteiger partial charge in [-0.1, -0.05) is 17.7 Å². The summed E-state index contributed by atoms with van der Waals surface area (Å²) in [4.78, 5) is 25.7. The maximum Gasteiger partial charge on any atom is 0.251 e. The molecule has 0 bridgehead atoms. The second-order valence-electron chi connectivity index (χ2n) is 5.58. The quantitative estimate of drug-likeness (QED) is 0.867. The summed E-state index contributed by atoms with van der Waals surface area (Å²) in [7, 11) is 0. The van der Waals surface area contributed by atoms with Crippen molar-refractivity contribution in [1.29, 1.82) is 0 Å². The lowest BCUT2D eigenvalue weighted by molar-refractivity contribution is -0.132. The number of aliphatic hydroxyl groups excluding tert-OH is 1. The Hall–Kier alpha value is -1.88. The molecule has 0 radical (unpaired) electrons. The zero-order valence-electron chi connectivity index (χ0n) is 12.3. The fourth-order valence-corrected chi connectivity index (χ4v) is 2.52. The van der Waals surface area contributed by atoms with Gasteiger partial charge in [-0.2, -0.15) is 0 Å². The van der Waals surface area contributed by atoms with E-state index in [2.05, 4.69) is 5.32 Å². The lowest BCUT2D eigenvalue weighted by Gasteiger charge is -2.31. The average molecular weight is 290 g/mol.